The van der Waals surface area contributed by atoms with Crippen molar-refractivity contribution in [3.05, 3.63) is 35.9 Å². The van der Waals surface area contributed by atoms with E-state index in [4.69, 9.17) is 0 Å². The fourth-order valence-corrected chi connectivity index (χ4v) is 1.56. The van der Waals surface area contributed by atoms with Gasteiger partial charge in [-0.15, -0.1) is 0 Å². The predicted octanol–water partition coefficient (Wildman–Crippen LogP) is 3.64. The van der Waals surface area contributed by atoms with Gasteiger partial charge in [-0.05, 0) is 18.4 Å². The third-order valence-corrected chi connectivity index (χ3v) is 2.21. The Bertz CT molecular complexity index is 262. The van der Waals surface area contributed by atoms with Crippen LogP contribution in [0.25, 0.3) is 0 Å². The molecule has 1 aromatic rings. The molecule has 0 aromatic heterocycles. The highest BCUT2D eigenvalue weighted by Gasteiger charge is 2.14. The second-order valence-corrected chi connectivity index (χ2v) is 3.50. The van der Waals surface area contributed by atoms with Crippen LogP contribution in [0.5, 0.6) is 0 Å². The molecule has 0 fully saturated rings. The van der Waals surface area contributed by atoms with Gasteiger partial charge in [0.15, 0.2) is 0 Å². The third-order valence-electron chi connectivity index (χ3n) is 2.21. The van der Waals surface area contributed by atoms with E-state index in [-0.39, 0.29) is 6.10 Å². The summed E-state index contributed by atoms with van der Waals surface area (Å²) in [5.41, 5.74) is 1.04. The molecule has 0 aliphatic heterocycles. The van der Waals surface area contributed by atoms with Gasteiger partial charge >= 0.3 is 6.61 Å². The molecule has 0 radical (unpaired) electrons. The van der Waals surface area contributed by atoms with Crippen LogP contribution in [0.4, 0.5) is 8.78 Å². The summed E-state index contributed by atoms with van der Waals surface area (Å²) in [4.78, 5) is 0. The van der Waals surface area contributed by atoms with E-state index in [2.05, 4.69) is 4.74 Å². The van der Waals surface area contributed by atoms with Crippen molar-refractivity contribution in [2.75, 3.05) is 0 Å². The minimum atomic E-state index is -2.68. The van der Waals surface area contributed by atoms with Gasteiger partial charge < -0.3 is 4.74 Å². The lowest BCUT2D eigenvalue weighted by atomic mass is 10.0. The standard InChI is InChI=1S/C12H16F2O/c1-2-6-11(15-12(13)14)9-10-7-4-3-5-8-10/h3-5,7-8,11-12H,2,6,9H2,1H3. The fourth-order valence-electron chi connectivity index (χ4n) is 1.56. The lowest BCUT2D eigenvalue weighted by molar-refractivity contribution is -0.163. The lowest BCUT2D eigenvalue weighted by Gasteiger charge is -2.16. The van der Waals surface area contributed by atoms with E-state index in [1.165, 1.54) is 0 Å². The Morgan fingerprint density at radius 2 is 1.87 bits per heavy atom. The molecule has 0 aliphatic carbocycles. The van der Waals surface area contributed by atoms with Crippen LogP contribution in [-0.2, 0) is 11.2 Å². The van der Waals surface area contributed by atoms with Crippen molar-refractivity contribution in [1.82, 2.24) is 0 Å². The summed E-state index contributed by atoms with van der Waals surface area (Å²) in [6.07, 6.45) is 1.69. The van der Waals surface area contributed by atoms with E-state index in [1.54, 1.807) is 0 Å². The number of hydrogen-bond acceptors (Lipinski definition) is 1. The van der Waals surface area contributed by atoms with Gasteiger partial charge in [0.05, 0.1) is 6.10 Å². The summed E-state index contributed by atoms with van der Waals surface area (Å²) in [7, 11) is 0. The van der Waals surface area contributed by atoms with Gasteiger partial charge in [0.1, 0.15) is 0 Å². The van der Waals surface area contributed by atoms with E-state index in [0.717, 1.165) is 12.0 Å². The maximum atomic E-state index is 12.1. The maximum absolute atomic E-state index is 12.1. The summed E-state index contributed by atoms with van der Waals surface area (Å²) in [5, 5.41) is 0. The molecule has 1 aromatic carbocycles. The Balaban J connectivity index is 2.50. The topological polar surface area (TPSA) is 9.23 Å². The second-order valence-electron chi connectivity index (χ2n) is 3.50. The summed E-state index contributed by atoms with van der Waals surface area (Å²) in [6, 6.07) is 9.57. The van der Waals surface area contributed by atoms with Crippen molar-refractivity contribution in [1.29, 1.82) is 0 Å². The number of rotatable bonds is 6. The van der Waals surface area contributed by atoms with E-state index >= 15 is 0 Å². The molecule has 0 N–H and O–H groups in total. The van der Waals surface area contributed by atoms with Gasteiger partial charge in [0, 0.05) is 0 Å². The molecule has 15 heavy (non-hydrogen) atoms. The van der Waals surface area contributed by atoms with Crippen LogP contribution in [0.2, 0.25) is 0 Å². The summed E-state index contributed by atoms with van der Waals surface area (Å²) in [6.45, 7) is -0.711. The maximum Gasteiger partial charge on any atom is 0.345 e. The third kappa shape index (κ3) is 4.88. The highest BCUT2D eigenvalue weighted by molar-refractivity contribution is 5.15. The van der Waals surface area contributed by atoms with E-state index < -0.39 is 6.61 Å². The Morgan fingerprint density at radius 3 is 2.40 bits per heavy atom. The minimum Gasteiger partial charge on any atom is -0.319 e. The zero-order valence-electron chi connectivity index (χ0n) is 8.83. The molecule has 0 aliphatic rings. The van der Waals surface area contributed by atoms with Gasteiger partial charge in [-0.2, -0.15) is 8.78 Å². The number of benzene rings is 1. The first-order chi connectivity index (χ1) is 7.22. The molecule has 1 nitrogen and oxygen atoms in total. The Kier molecular flexibility index (Phi) is 5.26. The summed E-state index contributed by atoms with van der Waals surface area (Å²) in [5.74, 6) is 0. The van der Waals surface area contributed by atoms with Gasteiger partial charge in [-0.25, -0.2) is 0 Å². The second kappa shape index (κ2) is 6.51. The molecule has 0 amide bonds. The number of hydrogen-bond donors (Lipinski definition) is 0. The first kappa shape index (κ1) is 12.1. The molecule has 0 saturated carbocycles. The van der Waals surface area contributed by atoms with Gasteiger partial charge in [0.2, 0.25) is 0 Å². The van der Waals surface area contributed by atoms with E-state index in [9.17, 15) is 8.78 Å². The van der Waals surface area contributed by atoms with Crippen LogP contribution in [0.1, 0.15) is 25.3 Å². The average Bonchev–Trinajstić information content (AvgIpc) is 2.18. The normalized spacial score (nSPS) is 13.1. The number of ether oxygens (including phenoxy) is 1. The fraction of sp³-hybridized carbons (Fsp3) is 0.500. The monoisotopic (exact) mass is 214 g/mol. The molecule has 1 unspecified atom stereocenters. The number of halogens is 2. The van der Waals surface area contributed by atoms with Crippen LogP contribution < -0.4 is 0 Å². The molecule has 0 bridgehead atoms. The first-order valence-corrected chi connectivity index (χ1v) is 5.20. The van der Waals surface area contributed by atoms with Crippen LogP contribution in [0, 0.1) is 0 Å². The molecule has 1 rings (SSSR count). The minimum absolute atomic E-state index is 0.377. The highest BCUT2D eigenvalue weighted by atomic mass is 19.3. The van der Waals surface area contributed by atoms with Crippen LogP contribution in [0.3, 0.4) is 0 Å². The van der Waals surface area contributed by atoms with Crippen LogP contribution in [-0.4, -0.2) is 12.7 Å². The van der Waals surface area contributed by atoms with Crippen molar-refractivity contribution in [2.45, 2.75) is 38.9 Å². The average molecular weight is 214 g/mol. The highest BCUT2D eigenvalue weighted by Crippen LogP contribution is 2.13. The molecule has 0 heterocycles. The Hall–Kier alpha value is -0.960. The first-order valence-electron chi connectivity index (χ1n) is 5.20. The van der Waals surface area contributed by atoms with Crippen molar-refractivity contribution >= 4 is 0 Å². The smallest absolute Gasteiger partial charge is 0.319 e. The summed E-state index contributed by atoms with van der Waals surface area (Å²) >= 11 is 0. The van der Waals surface area contributed by atoms with Gasteiger partial charge in [0.25, 0.3) is 0 Å². The number of alkyl halides is 2. The molecule has 1 atom stereocenters. The molecular formula is C12H16F2O. The van der Waals surface area contributed by atoms with Crippen LogP contribution in [0.15, 0.2) is 30.3 Å². The predicted molar refractivity (Wildman–Crippen MR) is 55.9 cm³/mol. The van der Waals surface area contributed by atoms with E-state index in [1.807, 2.05) is 37.3 Å². The van der Waals surface area contributed by atoms with Crippen molar-refractivity contribution in [3.8, 4) is 0 Å². The Morgan fingerprint density at radius 1 is 1.20 bits per heavy atom. The SMILES string of the molecule is CCCC(Cc1ccccc1)OC(F)F. The summed E-state index contributed by atoms with van der Waals surface area (Å²) < 4.78 is 28.7. The van der Waals surface area contributed by atoms with Crippen LogP contribution >= 0.6 is 0 Å². The largest absolute Gasteiger partial charge is 0.345 e. The van der Waals surface area contributed by atoms with Gasteiger partial charge in [-0.3, -0.25) is 0 Å². The van der Waals surface area contributed by atoms with E-state index in [0.29, 0.717) is 12.8 Å². The van der Waals surface area contributed by atoms with Crippen molar-refractivity contribution in [3.63, 3.8) is 0 Å². The Labute approximate surface area is 89.1 Å². The molecule has 0 saturated heterocycles. The lowest BCUT2D eigenvalue weighted by Crippen LogP contribution is -2.19. The zero-order chi connectivity index (χ0) is 11.1. The quantitative estimate of drug-likeness (QED) is 0.702. The van der Waals surface area contributed by atoms with Gasteiger partial charge in [-0.1, -0.05) is 43.7 Å². The molecular weight excluding hydrogens is 198 g/mol. The molecule has 3 heteroatoms. The molecule has 84 valence electrons. The molecule has 0 spiro atoms. The zero-order valence-corrected chi connectivity index (χ0v) is 8.83. The van der Waals surface area contributed by atoms with Crippen molar-refractivity contribution < 1.29 is 13.5 Å². The van der Waals surface area contributed by atoms with Crippen molar-refractivity contribution in [2.24, 2.45) is 0 Å².